The van der Waals surface area contributed by atoms with Gasteiger partial charge in [-0.3, -0.25) is 9.48 Å². The van der Waals surface area contributed by atoms with Crippen LogP contribution in [-0.4, -0.2) is 20.8 Å². The minimum absolute atomic E-state index is 0.0935. The molecule has 1 N–H and O–H groups in total. The summed E-state index contributed by atoms with van der Waals surface area (Å²) in [6.45, 7) is 3.96. The molecule has 2 aromatic heterocycles. The van der Waals surface area contributed by atoms with E-state index in [0.29, 0.717) is 45.0 Å². The number of rotatable bonds is 7. The molecule has 33 heavy (non-hydrogen) atoms. The Kier molecular flexibility index (Phi) is 6.67. The van der Waals surface area contributed by atoms with Gasteiger partial charge in [0, 0.05) is 21.8 Å². The number of carbonyl (C=O) groups excluding carboxylic acids is 1. The Labute approximate surface area is 199 Å². The van der Waals surface area contributed by atoms with Crippen molar-refractivity contribution in [3.8, 4) is 5.75 Å². The summed E-state index contributed by atoms with van der Waals surface area (Å²) < 4.78 is 25.9. The van der Waals surface area contributed by atoms with E-state index in [4.69, 9.17) is 32.5 Å². The molecule has 0 saturated heterocycles. The van der Waals surface area contributed by atoms with Crippen molar-refractivity contribution in [1.29, 1.82) is 0 Å². The Morgan fingerprint density at radius 1 is 1.15 bits per heavy atom. The van der Waals surface area contributed by atoms with Crippen LogP contribution in [0, 0.1) is 19.7 Å². The van der Waals surface area contributed by atoms with Gasteiger partial charge < -0.3 is 14.6 Å². The molecule has 4 rings (SSSR count). The minimum Gasteiger partial charge on any atom is -0.489 e. The maximum Gasteiger partial charge on any atom is 0.279 e. The summed E-state index contributed by atoms with van der Waals surface area (Å²) in [5, 5.41) is 11.9. The summed E-state index contributed by atoms with van der Waals surface area (Å²) in [6, 6.07) is 12.8. The van der Waals surface area contributed by atoms with Crippen LogP contribution in [0.15, 0.2) is 53.1 Å². The summed E-state index contributed by atoms with van der Waals surface area (Å²) in [5.74, 6) is 0.515. The Hall–Kier alpha value is -3.36. The van der Waals surface area contributed by atoms with Crippen molar-refractivity contribution in [2.24, 2.45) is 0 Å². The number of hydrogen-bond acceptors (Lipinski definition) is 5. The smallest absolute Gasteiger partial charge is 0.279 e. The summed E-state index contributed by atoms with van der Waals surface area (Å²) in [4.78, 5) is 12.9. The second-order valence-corrected chi connectivity index (χ2v) is 8.17. The summed E-state index contributed by atoms with van der Waals surface area (Å²) >= 11 is 12.0. The van der Waals surface area contributed by atoms with Crippen LogP contribution >= 0.6 is 23.2 Å². The van der Waals surface area contributed by atoms with Crippen LogP contribution in [0.1, 0.15) is 33.1 Å². The number of amides is 1. The molecule has 1 amide bonds. The highest BCUT2D eigenvalue weighted by Gasteiger charge is 2.22. The first-order chi connectivity index (χ1) is 15.8. The Morgan fingerprint density at radius 2 is 1.91 bits per heavy atom. The number of carbonyl (C=O) groups is 1. The van der Waals surface area contributed by atoms with Gasteiger partial charge in [-0.15, -0.1) is 0 Å². The van der Waals surface area contributed by atoms with E-state index < -0.39 is 11.7 Å². The van der Waals surface area contributed by atoms with Crippen molar-refractivity contribution in [2.45, 2.75) is 27.0 Å². The molecule has 7 nitrogen and oxygen atoms in total. The number of hydrogen-bond donors (Lipinski definition) is 1. The number of benzene rings is 2. The average Bonchev–Trinajstić information content (AvgIpc) is 3.31. The first-order valence-corrected chi connectivity index (χ1v) is 10.7. The molecule has 170 valence electrons. The molecule has 0 aliphatic rings. The van der Waals surface area contributed by atoms with Crippen LogP contribution in [-0.2, 0) is 13.2 Å². The third kappa shape index (κ3) is 5.35. The molecular formula is C23H19Cl2FN4O3. The van der Waals surface area contributed by atoms with Gasteiger partial charge in [0.1, 0.15) is 23.9 Å². The first-order valence-electron chi connectivity index (χ1n) is 9.93. The highest BCUT2D eigenvalue weighted by molar-refractivity contribution is 6.31. The maximum absolute atomic E-state index is 13.3. The van der Waals surface area contributed by atoms with Crippen LogP contribution in [0.25, 0.3) is 0 Å². The number of anilines is 1. The van der Waals surface area contributed by atoms with Crippen LogP contribution in [0.2, 0.25) is 10.0 Å². The lowest BCUT2D eigenvalue weighted by molar-refractivity contribution is 0.101. The van der Waals surface area contributed by atoms with Crippen molar-refractivity contribution in [2.75, 3.05) is 5.32 Å². The molecule has 0 unspecified atom stereocenters. The van der Waals surface area contributed by atoms with Gasteiger partial charge in [0.25, 0.3) is 5.91 Å². The lowest BCUT2D eigenvalue weighted by atomic mass is 10.2. The van der Waals surface area contributed by atoms with Crippen LogP contribution < -0.4 is 10.1 Å². The molecule has 4 aromatic rings. The van der Waals surface area contributed by atoms with Crippen molar-refractivity contribution < 1.29 is 18.4 Å². The van der Waals surface area contributed by atoms with Gasteiger partial charge in [0.2, 0.25) is 0 Å². The topological polar surface area (TPSA) is 82.2 Å². The van der Waals surface area contributed by atoms with Crippen molar-refractivity contribution in [3.63, 3.8) is 0 Å². The molecule has 0 atom stereocenters. The molecule has 0 aliphatic carbocycles. The molecular weight excluding hydrogens is 470 g/mol. The number of aryl methyl sites for hydroxylation is 2. The molecule has 0 aliphatic heterocycles. The molecule has 0 spiro atoms. The highest BCUT2D eigenvalue weighted by atomic mass is 35.5. The van der Waals surface area contributed by atoms with Gasteiger partial charge in [-0.2, -0.15) is 5.10 Å². The quantitative estimate of drug-likeness (QED) is 0.354. The first kappa shape index (κ1) is 22.8. The molecule has 0 radical (unpaired) electrons. The van der Waals surface area contributed by atoms with Crippen molar-refractivity contribution >= 4 is 34.9 Å². The zero-order valence-electron chi connectivity index (χ0n) is 17.7. The monoisotopic (exact) mass is 488 g/mol. The van der Waals surface area contributed by atoms with E-state index in [2.05, 4.69) is 15.6 Å². The van der Waals surface area contributed by atoms with E-state index in [1.807, 2.05) is 6.92 Å². The standard InChI is InChI=1S/C23H19Cl2FN4O3/c1-13-9-21(28-30(13)11-15-3-6-17(26)10-20(15)25)27-23(31)22-19(14(2)33-29-22)12-32-18-7-4-16(24)5-8-18/h3-10H,11-12H2,1-2H3,(H,27,28,31). The van der Waals surface area contributed by atoms with Gasteiger partial charge >= 0.3 is 0 Å². The molecule has 10 heteroatoms. The van der Waals surface area contributed by atoms with Crippen LogP contribution in [0.4, 0.5) is 10.2 Å². The molecule has 0 saturated carbocycles. The Balaban J connectivity index is 1.46. The second-order valence-electron chi connectivity index (χ2n) is 7.33. The predicted molar refractivity (Wildman–Crippen MR) is 122 cm³/mol. The van der Waals surface area contributed by atoms with Crippen molar-refractivity contribution in [3.05, 3.63) is 92.7 Å². The van der Waals surface area contributed by atoms with Gasteiger partial charge in [0.05, 0.1) is 12.1 Å². The zero-order chi connectivity index (χ0) is 23.5. The van der Waals surface area contributed by atoms with E-state index in [1.54, 1.807) is 48.0 Å². The van der Waals surface area contributed by atoms with Crippen molar-refractivity contribution in [1.82, 2.24) is 14.9 Å². The Bertz CT molecular complexity index is 1300. The van der Waals surface area contributed by atoms with Crippen LogP contribution in [0.3, 0.4) is 0 Å². The Morgan fingerprint density at radius 3 is 2.64 bits per heavy atom. The second kappa shape index (κ2) is 9.64. The number of nitrogens with zero attached hydrogens (tertiary/aromatic N) is 3. The fourth-order valence-electron chi connectivity index (χ4n) is 3.14. The molecule has 0 fully saturated rings. The van der Waals surface area contributed by atoms with Gasteiger partial charge in [-0.05, 0) is 55.8 Å². The molecule has 0 bridgehead atoms. The normalized spacial score (nSPS) is 10.9. The van der Waals surface area contributed by atoms with E-state index in [-0.39, 0.29) is 12.3 Å². The van der Waals surface area contributed by atoms with Gasteiger partial charge in [0.15, 0.2) is 11.5 Å². The SMILES string of the molecule is Cc1onc(C(=O)Nc2cc(C)n(Cc3ccc(F)cc3Cl)n2)c1COc1ccc(Cl)cc1. The summed E-state index contributed by atoms with van der Waals surface area (Å²) in [7, 11) is 0. The highest BCUT2D eigenvalue weighted by Crippen LogP contribution is 2.22. The van der Waals surface area contributed by atoms with E-state index >= 15 is 0 Å². The molecule has 2 aromatic carbocycles. The summed E-state index contributed by atoms with van der Waals surface area (Å²) in [5.41, 5.74) is 2.12. The van der Waals surface area contributed by atoms with E-state index in [1.165, 1.54) is 12.1 Å². The van der Waals surface area contributed by atoms with E-state index in [0.717, 1.165) is 5.69 Å². The number of aromatic nitrogens is 3. The summed E-state index contributed by atoms with van der Waals surface area (Å²) in [6.07, 6.45) is 0. The zero-order valence-corrected chi connectivity index (χ0v) is 19.2. The van der Waals surface area contributed by atoms with Crippen LogP contribution in [0.5, 0.6) is 5.75 Å². The third-order valence-electron chi connectivity index (χ3n) is 4.95. The fourth-order valence-corrected chi connectivity index (χ4v) is 3.50. The number of halogens is 3. The largest absolute Gasteiger partial charge is 0.489 e. The number of ether oxygens (including phenoxy) is 1. The number of nitrogens with one attached hydrogen (secondary N) is 1. The molecule has 2 heterocycles. The lowest BCUT2D eigenvalue weighted by Gasteiger charge is -2.07. The predicted octanol–water partition coefficient (Wildman–Crippen LogP) is 5.81. The third-order valence-corrected chi connectivity index (χ3v) is 5.56. The maximum atomic E-state index is 13.3. The lowest BCUT2D eigenvalue weighted by Crippen LogP contribution is -2.16. The fraction of sp³-hybridized carbons (Fsp3) is 0.174. The minimum atomic E-state index is -0.481. The average molecular weight is 489 g/mol. The van der Waals surface area contributed by atoms with E-state index in [9.17, 15) is 9.18 Å². The van der Waals surface area contributed by atoms with Gasteiger partial charge in [-0.1, -0.05) is 34.4 Å². The van der Waals surface area contributed by atoms with Gasteiger partial charge in [-0.25, -0.2) is 4.39 Å².